The fraction of sp³-hybridized carbons (Fsp3) is 0.389. The van der Waals surface area contributed by atoms with Gasteiger partial charge < -0.3 is 15.4 Å². The highest BCUT2D eigenvalue weighted by molar-refractivity contribution is 5.89. The van der Waals surface area contributed by atoms with E-state index in [0.717, 1.165) is 61.9 Å². The number of nitrogens with zero attached hydrogens (tertiary/aromatic N) is 5. The number of benzene rings is 1. The topological polar surface area (TPSA) is 80.1 Å². The molecule has 3 aromatic rings. The van der Waals surface area contributed by atoms with Gasteiger partial charge in [0.05, 0.1) is 24.8 Å². The summed E-state index contributed by atoms with van der Waals surface area (Å²) in [5.74, 6) is 1.36. The largest absolute Gasteiger partial charge is 0.379 e. The summed E-state index contributed by atoms with van der Waals surface area (Å²) in [4.78, 5) is 11.7. The molecule has 0 atom stereocenters. The Morgan fingerprint density at radius 3 is 2.67 bits per heavy atom. The van der Waals surface area contributed by atoms with Crippen molar-refractivity contribution in [1.82, 2.24) is 24.6 Å². The summed E-state index contributed by atoms with van der Waals surface area (Å²) < 4.78 is 7.15. The Balaban J connectivity index is 0.00000210. The van der Waals surface area contributed by atoms with E-state index in [4.69, 9.17) is 4.74 Å². The molecule has 0 radical (unpaired) electrons. The number of rotatable bonds is 6. The van der Waals surface area contributed by atoms with Gasteiger partial charge in [-0.05, 0) is 12.1 Å². The Bertz CT molecular complexity index is 865. The molecule has 8 nitrogen and oxygen atoms in total. The molecule has 0 unspecified atom stereocenters. The van der Waals surface area contributed by atoms with E-state index in [1.807, 2.05) is 37.4 Å². The zero-order valence-corrected chi connectivity index (χ0v) is 16.1. The first-order chi connectivity index (χ1) is 12.8. The number of fused-ring (bicyclic) bond motifs is 1. The van der Waals surface area contributed by atoms with Gasteiger partial charge in [0.2, 0.25) is 5.95 Å². The quantitative estimate of drug-likeness (QED) is 0.669. The highest BCUT2D eigenvalue weighted by Gasteiger charge is 2.13. The second-order valence-corrected chi connectivity index (χ2v) is 6.27. The number of hydrogen-bond acceptors (Lipinski definition) is 7. The normalized spacial score (nSPS) is 14.7. The van der Waals surface area contributed by atoms with Crippen molar-refractivity contribution in [1.29, 1.82) is 0 Å². The maximum Gasteiger partial charge on any atom is 0.226 e. The smallest absolute Gasteiger partial charge is 0.226 e. The van der Waals surface area contributed by atoms with Crippen molar-refractivity contribution in [3.8, 4) is 0 Å². The maximum atomic E-state index is 5.38. The van der Waals surface area contributed by atoms with Gasteiger partial charge in [-0.1, -0.05) is 18.2 Å². The minimum Gasteiger partial charge on any atom is -0.379 e. The van der Waals surface area contributed by atoms with Gasteiger partial charge in [0.1, 0.15) is 5.82 Å². The third-order valence-corrected chi connectivity index (χ3v) is 4.44. The molecule has 0 spiro atoms. The number of hydrogen-bond donors (Lipinski definition) is 2. The van der Waals surface area contributed by atoms with Gasteiger partial charge in [0.25, 0.3) is 0 Å². The number of aryl methyl sites for hydroxylation is 1. The van der Waals surface area contributed by atoms with Crippen molar-refractivity contribution >= 4 is 40.9 Å². The van der Waals surface area contributed by atoms with Gasteiger partial charge in [0, 0.05) is 38.9 Å². The Hall–Kier alpha value is -2.42. The van der Waals surface area contributed by atoms with E-state index in [9.17, 15) is 0 Å². The van der Waals surface area contributed by atoms with Crippen LogP contribution in [0.25, 0.3) is 11.0 Å². The van der Waals surface area contributed by atoms with Gasteiger partial charge in [-0.2, -0.15) is 15.1 Å². The van der Waals surface area contributed by atoms with Crippen molar-refractivity contribution in [3.63, 3.8) is 0 Å². The van der Waals surface area contributed by atoms with Crippen LogP contribution in [-0.4, -0.2) is 64.0 Å². The van der Waals surface area contributed by atoms with Crippen LogP contribution < -0.4 is 10.6 Å². The molecule has 0 amide bonds. The monoisotopic (exact) mass is 389 g/mol. The van der Waals surface area contributed by atoms with Crippen LogP contribution in [-0.2, 0) is 11.8 Å². The number of para-hydroxylation sites is 1. The van der Waals surface area contributed by atoms with E-state index in [-0.39, 0.29) is 12.4 Å². The number of nitrogens with one attached hydrogen (secondary N) is 2. The average molecular weight is 390 g/mol. The zero-order chi connectivity index (χ0) is 17.8. The molecule has 1 saturated heterocycles. The van der Waals surface area contributed by atoms with E-state index in [0.29, 0.717) is 5.95 Å². The molecule has 3 heterocycles. The number of halogens is 1. The Morgan fingerprint density at radius 2 is 1.89 bits per heavy atom. The molecule has 1 aromatic carbocycles. The number of anilines is 3. The van der Waals surface area contributed by atoms with E-state index >= 15 is 0 Å². The van der Waals surface area contributed by atoms with Gasteiger partial charge in [-0.25, -0.2) is 0 Å². The molecule has 0 saturated carbocycles. The minimum atomic E-state index is 0. The molecule has 4 rings (SSSR count). The van der Waals surface area contributed by atoms with Gasteiger partial charge in [-0.3, -0.25) is 9.58 Å². The van der Waals surface area contributed by atoms with Crippen LogP contribution in [0, 0.1) is 0 Å². The van der Waals surface area contributed by atoms with Crippen molar-refractivity contribution < 1.29 is 4.74 Å². The van der Waals surface area contributed by atoms with Gasteiger partial charge in [-0.15, -0.1) is 12.4 Å². The van der Waals surface area contributed by atoms with E-state index in [1.165, 1.54) is 0 Å². The average Bonchev–Trinajstić information content (AvgIpc) is 3.05. The summed E-state index contributed by atoms with van der Waals surface area (Å²) in [6, 6.07) is 9.99. The highest BCUT2D eigenvalue weighted by atomic mass is 35.5. The molecule has 1 aliphatic heterocycles. The summed E-state index contributed by atoms with van der Waals surface area (Å²) in [7, 11) is 1.89. The van der Waals surface area contributed by atoms with Crippen LogP contribution in [0.2, 0.25) is 0 Å². The summed E-state index contributed by atoms with van der Waals surface area (Å²) >= 11 is 0. The number of ether oxygens (including phenoxy) is 1. The lowest BCUT2D eigenvalue weighted by Crippen LogP contribution is -2.39. The van der Waals surface area contributed by atoms with E-state index in [2.05, 4.69) is 30.6 Å². The summed E-state index contributed by atoms with van der Waals surface area (Å²) in [6.45, 7) is 5.30. The predicted molar refractivity (Wildman–Crippen MR) is 109 cm³/mol. The van der Waals surface area contributed by atoms with Crippen molar-refractivity contribution in [3.05, 3.63) is 36.5 Å². The maximum absolute atomic E-state index is 5.38. The first-order valence-electron chi connectivity index (χ1n) is 8.85. The van der Waals surface area contributed by atoms with Crippen LogP contribution in [0.3, 0.4) is 0 Å². The molecule has 27 heavy (non-hydrogen) atoms. The Labute approximate surface area is 164 Å². The van der Waals surface area contributed by atoms with Crippen molar-refractivity contribution in [2.45, 2.75) is 0 Å². The fourth-order valence-electron chi connectivity index (χ4n) is 3.01. The van der Waals surface area contributed by atoms with E-state index in [1.54, 1.807) is 10.9 Å². The fourth-order valence-corrected chi connectivity index (χ4v) is 3.01. The standard InChI is InChI=1S/C18H23N7O.ClH/c1-24-17-15(13-20-24)16(21-14-5-3-2-4-6-14)22-18(23-17)19-7-8-25-9-11-26-12-10-25;/h2-6,13H,7-12H2,1H3,(H2,19,21,22,23);1H. The van der Waals surface area contributed by atoms with E-state index < -0.39 is 0 Å². The second kappa shape index (κ2) is 8.98. The van der Waals surface area contributed by atoms with Crippen LogP contribution in [0.4, 0.5) is 17.5 Å². The predicted octanol–water partition coefficient (Wildman–Crippen LogP) is 2.27. The lowest BCUT2D eigenvalue weighted by atomic mass is 10.3. The van der Waals surface area contributed by atoms with Crippen LogP contribution in [0.1, 0.15) is 0 Å². The second-order valence-electron chi connectivity index (χ2n) is 6.27. The molecule has 2 N–H and O–H groups in total. The first-order valence-corrected chi connectivity index (χ1v) is 8.85. The van der Waals surface area contributed by atoms with Crippen molar-refractivity contribution in [2.24, 2.45) is 7.05 Å². The SMILES string of the molecule is Cl.Cn1ncc2c(Nc3ccccc3)nc(NCCN3CCOCC3)nc21. The molecular formula is C18H24ClN7O. The Kier molecular flexibility index (Phi) is 6.44. The number of aromatic nitrogens is 4. The van der Waals surface area contributed by atoms with Crippen LogP contribution >= 0.6 is 12.4 Å². The summed E-state index contributed by atoms with van der Waals surface area (Å²) in [5.41, 5.74) is 1.78. The lowest BCUT2D eigenvalue weighted by molar-refractivity contribution is 0.0398. The number of morpholine rings is 1. The lowest BCUT2D eigenvalue weighted by Gasteiger charge is -2.26. The third kappa shape index (κ3) is 4.65. The first kappa shape index (κ1) is 19.3. The molecule has 1 aliphatic rings. The summed E-state index contributed by atoms with van der Waals surface area (Å²) in [6.07, 6.45) is 1.79. The van der Waals surface area contributed by atoms with Crippen LogP contribution in [0.5, 0.6) is 0 Å². The van der Waals surface area contributed by atoms with Gasteiger partial charge in [0.15, 0.2) is 5.65 Å². The van der Waals surface area contributed by atoms with Gasteiger partial charge >= 0.3 is 0 Å². The molecule has 0 bridgehead atoms. The highest BCUT2D eigenvalue weighted by Crippen LogP contribution is 2.24. The molecular weight excluding hydrogens is 366 g/mol. The molecule has 9 heteroatoms. The van der Waals surface area contributed by atoms with Crippen LogP contribution in [0.15, 0.2) is 36.5 Å². The molecule has 0 aliphatic carbocycles. The summed E-state index contributed by atoms with van der Waals surface area (Å²) in [5, 5.41) is 11.9. The third-order valence-electron chi connectivity index (χ3n) is 4.44. The van der Waals surface area contributed by atoms with Crippen molar-refractivity contribution in [2.75, 3.05) is 50.0 Å². The molecule has 2 aromatic heterocycles. The molecule has 1 fully saturated rings. The minimum absolute atomic E-state index is 0. The Morgan fingerprint density at radius 1 is 1.11 bits per heavy atom. The zero-order valence-electron chi connectivity index (χ0n) is 15.3. The molecule has 144 valence electrons.